The number of nitrogens with one attached hydrogen (secondary N) is 2. The van der Waals surface area contributed by atoms with E-state index in [0.717, 1.165) is 39.3 Å². The van der Waals surface area contributed by atoms with Gasteiger partial charge in [0.05, 0.1) is 6.20 Å². The summed E-state index contributed by atoms with van der Waals surface area (Å²) in [6.45, 7) is 5.75. The van der Waals surface area contributed by atoms with Crippen LogP contribution in [-0.4, -0.2) is 95.9 Å². The standard InChI is InChI=1S/C14H22N6O2/c1-15-13(21)11-7-16-12(17-11)14(22)20-8-10(9-20)19-5-3-18(2)4-6-19/h7,10H,3-6,8-9H2,1-2H3,(H,15,21)(H,16,17). The average molecular weight is 306 g/mol. The van der Waals surface area contributed by atoms with Crippen molar-refractivity contribution in [1.82, 2.24) is 30.0 Å². The lowest BCUT2D eigenvalue weighted by atomic mass is 10.1. The summed E-state index contributed by atoms with van der Waals surface area (Å²) >= 11 is 0. The zero-order valence-electron chi connectivity index (χ0n) is 13.0. The van der Waals surface area contributed by atoms with Gasteiger partial charge in [-0.05, 0) is 7.05 Å². The molecule has 3 heterocycles. The number of likely N-dealkylation sites (N-methyl/N-ethyl adjacent to an activating group) is 1. The molecule has 2 fully saturated rings. The van der Waals surface area contributed by atoms with Gasteiger partial charge in [-0.3, -0.25) is 14.5 Å². The molecule has 8 heteroatoms. The number of carbonyl (C=O) groups is 2. The number of hydrogen-bond acceptors (Lipinski definition) is 5. The number of amides is 2. The molecular formula is C14H22N6O2. The second-order valence-corrected chi connectivity index (χ2v) is 5.93. The van der Waals surface area contributed by atoms with Crippen molar-refractivity contribution in [1.29, 1.82) is 0 Å². The fourth-order valence-electron chi connectivity index (χ4n) is 2.87. The van der Waals surface area contributed by atoms with Gasteiger partial charge in [-0.25, -0.2) is 4.98 Å². The van der Waals surface area contributed by atoms with E-state index < -0.39 is 0 Å². The van der Waals surface area contributed by atoms with Crippen molar-refractivity contribution in [2.24, 2.45) is 0 Å². The smallest absolute Gasteiger partial charge is 0.289 e. The Morgan fingerprint density at radius 3 is 2.59 bits per heavy atom. The first-order valence-electron chi connectivity index (χ1n) is 7.57. The minimum atomic E-state index is -0.273. The Hall–Kier alpha value is -1.93. The molecule has 22 heavy (non-hydrogen) atoms. The molecule has 2 amide bonds. The van der Waals surface area contributed by atoms with Crippen LogP contribution in [0.5, 0.6) is 0 Å². The van der Waals surface area contributed by atoms with E-state index in [1.165, 1.54) is 6.20 Å². The molecule has 0 bridgehead atoms. The van der Waals surface area contributed by atoms with E-state index in [1.807, 2.05) is 0 Å². The number of rotatable bonds is 3. The third kappa shape index (κ3) is 2.84. The zero-order chi connectivity index (χ0) is 15.7. The molecule has 2 aliphatic rings. The van der Waals surface area contributed by atoms with E-state index in [1.54, 1.807) is 11.9 Å². The number of aromatic amines is 1. The topological polar surface area (TPSA) is 84.6 Å². The first-order chi connectivity index (χ1) is 10.6. The highest BCUT2D eigenvalue weighted by atomic mass is 16.2. The van der Waals surface area contributed by atoms with Crippen molar-refractivity contribution in [2.75, 3.05) is 53.4 Å². The minimum absolute atomic E-state index is 0.138. The SMILES string of the molecule is CNC(=O)c1cnc(C(=O)N2CC(N3CCN(C)CC3)C2)[nH]1. The van der Waals surface area contributed by atoms with Gasteiger partial charge in [0.1, 0.15) is 5.69 Å². The Kier molecular flexibility index (Phi) is 4.12. The Morgan fingerprint density at radius 1 is 1.27 bits per heavy atom. The van der Waals surface area contributed by atoms with Crippen LogP contribution in [0.2, 0.25) is 0 Å². The van der Waals surface area contributed by atoms with Crippen LogP contribution in [-0.2, 0) is 0 Å². The molecular weight excluding hydrogens is 284 g/mol. The van der Waals surface area contributed by atoms with E-state index in [4.69, 9.17) is 0 Å². The fraction of sp³-hybridized carbons (Fsp3) is 0.643. The van der Waals surface area contributed by atoms with E-state index >= 15 is 0 Å². The number of likely N-dealkylation sites (tertiary alicyclic amines) is 1. The molecule has 1 aromatic heterocycles. The molecule has 0 aromatic carbocycles. The van der Waals surface area contributed by atoms with E-state index in [9.17, 15) is 9.59 Å². The van der Waals surface area contributed by atoms with Gasteiger partial charge in [0.15, 0.2) is 5.82 Å². The van der Waals surface area contributed by atoms with Gasteiger partial charge >= 0.3 is 0 Å². The van der Waals surface area contributed by atoms with E-state index in [2.05, 4.69) is 32.1 Å². The first kappa shape index (κ1) is 15.0. The summed E-state index contributed by atoms with van der Waals surface area (Å²) < 4.78 is 0. The summed E-state index contributed by atoms with van der Waals surface area (Å²) in [6.07, 6.45) is 1.39. The van der Waals surface area contributed by atoms with Crippen LogP contribution in [0, 0.1) is 0 Å². The molecule has 2 N–H and O–H groups in total. The molecule has 2 saturated heterocycles. The maximum Gasteiger partial charge on any atom is 0.289 e. The van der Waals surface area contributed by atoms with Crippen molar-refractivity contribution in [3.8, 4) is 0 Å². The molecule has 2 aliphatic heterocycles. The maximum absolute atomic E-state index is 12.3. The summed E-state index contributed by atoms with van der Waals surface area (Å²) in [5.74, 6) is -0.179. The lowest BCUT2D eigenvalue weighted by Gasteiger charge is -2.47. The molecule has 0 radical (unpaired) electrons. The van der Waals surface area contributed by atoms with Gasteiger partial charge in [-0.1, -0.05) is 0 Å². The number of H-pyrrole nitrogens is 1. The quantitative estimate of drug-likeness (QED) is 0.736. The Labute approximate surface area is 129 Å². The monoisotopic (exact) mass is 306 g/mol. The van der Waals surface area contributed by atoms with Gasteiger partial charge in [-0.2, -0.15) is 0 Å². The van der Waals surface area contributed by atoms with Crippen LogP contribution >= 0.6 is 0 Å². The van der Waals surface area contributed by atoms with Crippen LogP contribution < -0.4 is 5.32 Å². The highest BCUT2D eigenvalue weighted by Crippen LogP contribution is 2.18. The number of aromatic nitrogens is 2. The predicted molar refractivity (Wildman–Crippen MR) is 80.7 cm³/mol. The van der Waals surface area contributed by atoms with Gasteiger partial charge in [0.25, 0.3) is 11.8 Å². The second kappa shape index (κ2) is 6.05. The Bertz CT molecular complexity index is 557. The van der Waals surface area contributed by atoms with Crippen LogP contribution in [0.3, 0.4) is 0 Å². The van der Waals surface area contributed by atoms with E-state index in [-0.39, 0.29) is 17.6 Å². The summed E-state index contributed by atoms with van der Waals surface area (Å²) in [7, 11) is 3.68. The molecule has 0 unspecified atom stereocenters. The molecule has 0 aliphatic carbocycles. The number of imidazole rings is 1. The van der Waals surface area contributed by atoms with Crippen LogP contribution in [0.15, 0.2) is 6.20 Å². The van der Waals surface area contributed by atoms with Crippen molar-refractivity contribution in [3.05, 3.63) is 17.7 Å². The highest BCUT2D eigenvalue weighted by molar-refractivity contribution is 5.95. The second-order valence-electron chi connectivity index (χ2n) is 5.93. The first-order valence-corrected chi connectivity index (χ1v) is 7.57. The molecule has 1 aromatic rings. The fourth-order valence-corrected chi connectivity index (χ4v) is 2.87. The number of nitrogens with zero attached hydrogens (tertiary/aromatic N) is 4. The number of piperazine rings is 1. The Morgan fingerprint density at radius 2 is 1.95 bits per heavy atom. The molecule has 120 valence electrons. The lowest BCUT2D eigenvalue weighted by Crippen LogP contribution is -2.64. The Balaban J connectivity index is 1.53. The third-order valence-electron chi connectivity index (χ3n) is 4.45. The zero-order valence-corrected chi connectivity index (χ0v) is 13.0. The van der Waals surface area contributed by atoms with Crippen LogP contribution in [0.1, 0.15) is 21.1 Å². The minimum Gasteiger partial charge on any atom is -0.354 e. The van der Waals surface area contributed by atoms with Crippen molar-refractivity contribution in [2.45, 2.75) is 6.04 Å². The van der Waals surface area contributed by atoms with Gasteiger partial charge in [-0.15, -0.1) is 0 Å². The number of hydrogen-bond donors (Lipinski definition) is 2. The third-order valence-corrected chi connectivity index (χ3v) is 4.45. The highest BCUT2D eigenvalue weighted by Gasteiger charge is 2.36. The number of carbonyl (C=O) groups excluding carboxylic acids is 2. The molecule has 0 atom stereocenters. The van der Waals surface area contributed by atoms with Gasteiger partial charge in [0.2, 0.25) is 0 Å². The summed E-state index contributed by atoms with van der Waals surface area (Å²) in [5, 5.41) is 2.50. The average Bonchev–Trinajstić information content (AvgIpc) is 2.96. The normalized spacial score (nSPS) is 20.7. The van der Waals surface area contributed by atoms with Crippen LogP contribution in [0.4, 0.5) is 0 Å². The summed E-state index contributed by atoms with van der Waals surface area (Å²) in [6, 6.07) is 0.450. The largest absolute Gasteiger partial charge is 0.354 e. The predicted octanol–water partition coefficient (Wildman–Crippen LogP) is -1.16. The lowest BCUT2D eigenvalue weighted by molar-refractivity contribution is 0.0103. The van der Waals surface area contributed by atoms with Crippen LogP contribution in [0.25, 0.3) is 0 Å². The maximum atomic E-state index is 12.3. The van der Waals surface area contributed by atoms with Crippen molar-refractivity contribution >= 4 is 11.8 Å². The summed E-state index contributed by atoms with van der Waals surface area (Å²) in [4.78, 5) is 37.1. The molecule has 0 spiro atoms. The molecule has 0 saturated carbocycles. The van der Waals surface area contributed by atoms with Gasteiger partial charge < -0.3 is 20.1 Å². The molecule has 8 nitrogen and oxygen atoms in total. The molecule has 3 rings (SSSR count). The van der Waals surface area contributed by atoms with E-state index in [0.29, 0.717) is 11.7 Å². The van der Waals surface area contributed by atoms with Crippen molar-refractivity contribution in [3.63, 3.8) is 0 Å². The summed E-state index contributed by atoms with van der Waals surface area (Å²) in [5.41, 5.74) is 0.307. The van der Waals surface area contributed by atoms with Gasteiger partial charge in [0, 0.05) is 52.4 Å². The van der Waals surface area contributed by atoms with Crippen molar-refractivity contribution < 1.29 is 9.59 Å².